The maximum Gasteiger partial charge on any atom is 0.239 e. The molecule has 0 saturated carbocycles. The molecule has 126 valence electrons. The van der Waals surface area contributed by atoms with Crippen LogP contribution in [0.25, 0.3) is 0 Å². The Morgan fingerprint density at radius 3 is 2.04 bits per heavy atom. The van der Waals surface area contributed by atoms with Crippen molar-refractivity contribution in [1.82, 2.24) is 0 Å². The van der Waals surface area contributed by atoms with Crippen molar-refractivity contribution in [3.63, 3.8) is 0 Å². The summed E-state index contributed by atoms with van der Waals surface area (Å²) in [5, 5.41) is 5.60. The second kappa shape index (κ2) is 7.18. The Hall–Kier alpha value is -2.14. The lowest BCUT2D eigenvalue weighted by molar-refractivity contribution is -0.135. The number of benzene rings is 2. The molecule has 0 unspecified atom stereocenters. The van der Waals surface area contributed by atoms with Crippen LogP contribution in [0.3, 0.4) is 0 Å². The fourth-order valence-corrected chi connectivity index (χ4v) is 2.45. The van der Waals surface area contributed by atoms with Gasteiger partial charge in [-0.1, -0.05) is 34.1 Å². The number of carbonyl (C=O) groups is 2. The van der Waals surface area contributed by atoms with Gasteiger partial charge in [-0.25, -0.2) is 0 Å². The predicted octanol–water partition coefficient (Wildman–Crippen LogP) is 4.67. The molecule has 5 heteroatoms. The SMILES string of the molecule is Cc1cccc(NC(=O)C(C)(C)C(=O)Nc2ccc(C)c(Br)c2)c1. The van der Waals surface area contributed by atoms with E-state index in [1.165, 1.54) is 0 Å². The van der Waals surface area contributed by atoms with Crippen LogP contribution in [0.4, 0.5) is 11.4 Å². The summed E-state index contributed by atoms with van der Waals surface area (Å²) >= 11 is 3.44. The molecule has 2 N–H and O–H groups in total. The number of anilines is 2. The molecule has 0 saturated heterocycles. The first-order valence-corrected chi connectivity index (χ1v) is 8.45. The molecule has 0 bridgehead atoms. The fourth-order valence-electron chi connectivity index (χ4n) is 2.07. The number of halogens is 1. The van der Waals surface area contributed by atoms with Crippen LogP contribution in [0, 0.1) is 19.3 Å². The average Bonchev–Trinajstić information content (AvgIpc) is 2.50. The molecule has 0 aromatic heterocycles. The van der Waals surface area contributed by atoms with Crippen LogP contribution in [0.1, 0.15) is 25.0 Å². The smallest absolute Gasteiger partial charge is 0.239 e. The third-order valence-electron chi connectivity index (χ3n) is 3.84. The molecule has 2 aromatic carbocycles. The van der Waals surface area contributed by atoms with Crippen molar-refractivity contribution in [1.29, 1.82) is 0 Å². The van der Waals surface area contributed by atoms with Gasteiger partial charge in [-0.15, -0.1) is 0 Å². The Kier molecular flexibility index (Phi) is 5.44. The quantitative estimate of drug-likeness (QED) is 0.747. The molecule has 0 spiro atoms. The van der Waals surface area contributed by atoms with E-state index in [1.807, 2.05) is 50.2 Å². The molecule has 0 aliphatic heterocycles. The summed E-state index contributed by atoms with van der Waals surface area (Å²) in [5.74, 6) is -0.708. The van der Waals surface area contributed by atoms with Crippen LogP contribution in [0.15, 0.2) is 46.9 Å². The van der Waals surface area contributed by atoms with Gasteiger partial charge in [-0.3, -0.25) is 9.59 Å². The molecule has 0 atom stereocenters. The highest BCUT2D eigenvalue weighted by Crippen LogP contribution is 2.25. The maximum absolute atomic E-state index is 12.5. The Morgan fingerprint density at radius 1 is 0.917 bits per heavy atom. The molecule has 2 rings (SSSR count). The van der Waals surface area contributed by atoms with Gasteiger partial charge in [0.2, 0.25) is 11.8 Å². The molecule has 0 heterocycles. The van der Waals surface area contributed by atoms with E-state index < -0.39 is 5.41 Å². The molecular weight excluding hydrogens is 368 g/mol. The molecule has 0 aliphatic rings. The monoisotopic (exact) mass is 388 g/mol. The highest BCUT2D eigenvalue weighted by molar-refractivity contribution is 9.10. The second-order valence-electron chi connectivity index (χ2n) is 6.37. The average molecular weight is 389 g/mol. The van der Waals surface area contributed by atoms with Gasteiger partial charge in [-0.2, -0.15) is 0 Å². The topological polar surface area (TPSA) is 58.2 Å². The van der Waals surface area contributed by atoms with E-state index in [-0.39, 0.29) is 11.8 Å². The van der Waals surface area contributed by atoms with Gasteiger partial charge in [0, 0.05) is 15.8 Å². The van der Waals surface area contributed by atoms with Gasteiger partial charge in [-0.05, 0) is 63.1 Å². The zero-order valence-electron chi connectivity index (χ0n) is 14.2. The Balaban J connectivity index is 2.11. The van der Waals surface area contributed by atoms with Crippen molar-refractivity contribution < 1.29 is 9.59 Å². The zero-order chi connectivity index (χ0) is 17.9. The first-order valence-electron chi connectivity index (χ1n) is 7.66. The molecule has 24 heavy (non-hydrogen) atoms. The number of nitrogens with one attached hydrogen (secondary N) is 2. The minimum absolute atomic E-state index is 0.350. The number of rotatable bonds is 4. The van der Waals surface area contributed by atoms with Crippen LogP contribution in [0.2, 0.25) is 0 Å². The minimum atomic E-state index is -1.21. The van der Waals surface area contributed by atoms with Gasteiger partial charge in [0.1, 0.15) is 5.41 Å². The summed E-state index contributed by atoms with van der Waals surface area (Å²) in [6, 6.07) is 13.0. The number of amides is 2. The first-order chi connectivity index (χ1) is 11.2. The summed E-state index contributed by atoms with van der Waals surface area (Å²) < 4.78 is 0.905. The van der Waals surface area contributed by atoms with Gasteiger partial charge < -0.3 is 10.6 Å². The normalized spacial score (nSPS) is 11.0. The third kappa shape index (κ3) is 4.23. The van der Waals surface area contributed by atoms with E-state index in [2.05, 4.69) is 26.6 Å². The third-order valence-corrected chi connectivity index (χ3v) is 4.70. The molecular formula is C19H21BrN2O2. The van der Waals surface area contributed by atoms with Gasteiger partial charge in [0.15, 0.2) is 0 Å². The summed E-state index contributed by atoms with van der Waals surface area (Å²) in [6.07, 6.45) is 0. The van der Waals surface area contributed by atoms with Crippen LogP contribution in [0.5, 0.6) is 0 Å². The molecule has 0 fully saturated rings. The Morgan fingerprint density at radius 2 is 1.50 bits per heavy atom. The minimum Gasteiger partial charge on any atom is -0.325 e. The van der Waals surface area contributed by atoms with E-state index in [1.54, 1.807) is 19.9 Å². The highest BCUT2D eigenvalue weighted by Gasteiger charge is 2.36. The molecule has 2 aromatic rings. The number of hydrogen-bond acceptors (Lipinski definition) is 2. The molecule has 0 aliphatic carbocycles. The summed E-state index contributed by atoms with van der Waals surface area (Å²) in [4.78, 5) is 25.1. The maximum atomic E-state index is 12.5. The van der Waals surface area contributed by atoms with E-state index in [9.17, 15) is 9.59 Å². The van der Waals surface area contributed by atoms with Crippen molar-refractivity contribution in [2.75, 3.05) is 10.6 Å². The van der Waals surface area contributed by atoms with Crippen molar-refractivity contribution in [2.24, 2.45) is 5.41 Å². The zero-order valence-corrected chi connectivity index (χ0v) is 15.8. The molecule has 2 amide bonds. The van der Waals surface area contributed by atoms with Gasteiger partial charge in [0.25, 0.3) is 0 Å². The lowest BCUT2D eigenvalue weighted by atomic mass is 9.90. The number of hydrogen-bond donors (Lipinski definition) is 2. The molecule has 0 radical (unpaired) electrons. The Bertz CT molecular complexity index is 785. The van der Waals surface area contributed by atoms with Crippen molar-refractivity contribution in [2.45, 2.75) is 27.7 Å². The van der Waals surface area contributed by atoms with Crippen molar-refractivity contribution in [3.8, 4) is 0 Å². The van der Waals surface area contributed by atoms with Crippen LogP contribution >= 0.6 is 15.9 Å². The van der Waals surface area contributed by atoms with Crippen molar-refractivity contribution >= 4 is 39.1 Å². The summed E-state index contributed by atoms with van der Waals surface area (Å²) in [6.45, 7) is 7.13. The lowest BCUT2D eigenvalue weighted by Crippen LogP contribution is -2.41. The van der Waals surface area contributed by atoms with Crippen LogP contribution in [-0.2, 0) is 9.59 Å². The highest BCUT2D eigenvalue weighted by atomic mass is 79.9. The first kappa shape index (κ1) is 18.2. The standard InChI is InChI=1S/C19H21BrN2O2/c1-12-6-5-7-14(10-12)21-17(23)19(3,4)18(24)22-15-9-8-13(2)16(20)11-15/h5-11H,1-4H3,(H,21,23)(H,22,24). The van der Waals surface area contributed by atoms with Crippen molar-refractivity contribution in [3.05, 3.63) is 58.1 Å². The number of carbonyl (C=O) groups excluding carboxylic acids is 2. The van der Waals surface area contributed by atoms with Gasteiger partial charge in [0.05, 0.1) is 0 Å². The summed E-state index contributed by atoms with van der Waals surface area (Å²) in [5.41, 5.74) is 2.23. The van der Waals surface area contributed by atoms with Gasteiger partial charge >= 0.3 is 0 Å². The largest absolute Gasteiger partial charge is 0.325 e. The predicted molar refractivity (Wildman–Crippen MR) is 101 cm³/mol. The molecule has 4 nitrogen and oxygen atoms in total. The number of aryl methyl sites for hydroxylation is 2. The fraction of sp³-hybridized carbons (Fsp3) is 0.263. The van der Waals surface area contributed by atoms with E-state index in [0.717, 1.165) is 15.6 Å². The van der Waals surface area contributed by atoms with Crippen LogP contribution in [-0.4, -0.2) is 11.8 Å². The van der Waals surface area contributed by atoms with E-state index in [0.29, 0.717) is 11.4 Å². The van der Waals surface area contributed by atoms with Crippen LogP contribution < -0.4 is 10.6 Å². The second-order valence-corrected chi connectivity index (χ2v) is 7.22. The Labute approximate surface area is 150 Å². The van der Waals surface area contributed by atoms with E-state index in [4.69, 9.17) is 0 Å². The lowest BCUT2D eigenvalue weighted by Gasteiger charge is -2.23. The summed E-state index contributed by atoms with van der Waals surface area (Å²) in [7, 11) is 0. The van der Waals surface area contributed by atoms with E-state index >= 15 is 0 Å².